The summed E-state index contributed by atoms with van der Waals surface area (Å²) in [5.41, 5.74) is 6.13. The summed E-state index contributed by atoms with van der Waals surface area (Å²) >= 11 is 0. The molecule has 0 aromatic heterocycles. The second-order valence-corrected chi connectivity index (χ2v) is 3.94. The van der Waals surface area contributed by atoms with E-state index in [0.717, 1.165) is 6.92 Å². The normalized spacial score (nSPS) is 13.1. The molecule has 1 atom stereocenters. The molecule has 0 saturated heterocycles. The lowest BCUT2D eigenvalue weighted by molar-refractivity contribution is -0.217. The second-order valence-electron chi connectivity index (χ2n) is 3.94. The van der Waals surface area contributed by atoms with Crippen LogP contribution >= 0.6 is 0 Å². The minimum atomic E-state index is -4.41. The van der Waals surface area contributed by atoms with Crippen LogP contribution in [-0.4, -0.2) is 25.2 Å². The van der Waals surface area contributed by atoms with Crippen molar-refractivity contribution >= 4 is 5.84 Å². The van der Waals surface area contributed by atoms with Crippen molar-refractivity contribution in [3.05, 3.63) is 29.3 Å². The number of hydrogen-bond donors (Lipinski definition) is 2. The Hall–Kier alpha value is -1.76. The van der Waals surface area contributed by atoms with Crippen LogP contribution in [0.25, 0.3) is 0 Å². The number of methoxy groups -OCH3 is 1. The minimum absolute atomic E-state index is 0.173. The Balaban J connectivity index is 2.87. The lowest BCUT2D eigenvalue weighted by Gasteiger charge is -2.17. The SMILES string of the molecule is COc1ccc(C(=N)N)cc1COC(C)C(F)(F)F. The van der Waals surface area contributed by atoms with Crippen LogP contribution < -0.4 is 10.5 Å². The van der Waals surface area contributed by atoms with Crippen LogP contribution in [0.5, 0.6) is 5.75 Å². The zero-order valence-corrected chi connectivity index (χ0v) is 10.5. The maximum atomic E-state index is 12.3. The van der Waals surface area contributed by atoms with Crippen LogP contribution in [0.3, 0.4) is 0 Å². The first-order valence-electron chi connectivity index (χ1n) is 5.45. The largest absolute Gasteiger partial charge is 0.496 e. The first-order valence-corrected chi connectivity index (χ1v) is 5.45. The zero-order chi connectivity index (χ0) is 14.6. The molecular formula is C12H15F3N2O2. The molecule has 0 heterocycles. The molecule has 0 fully saturated rings. The monoisotopic (exact) mass is 276 g/mol. The van der Waals surface area contributed by atoms with Gasteiger partial charge in [-0.1, -0.05) is 0 Å². The Morgan fingerprint density at radius 1 is 1.42 bits per heavy atom. The van der Waals surface area contributed by atoms with Crippen molar-refractivity contribution in [3.8, 4) is 5.75 Å². The molecule has 1 unspecified atom stereocenters. The summed E-state index contributed by atoms with van der Waals surface area (Å²) in [5, 5.41) is 7.29. The zero-order valence-electron chi connectivity index (χ0n) is 10.5. The Morgan fingerprint density at radius 2 is 2.05 bits per heavy atom. The van der Waals surface area contributed by atoms with Crippen LogP contribution in [0.15, 0.2) is 18.2 Å². The highest BCUT2D eigenvalue weighted by Gasteiger charge is 2.36. The van der Waals surface area contributed by atoms with Gasteiger partial charge in [-0.05, 0) is 25.1 Å². The average Bonchev–Trinajstić information content (AvgIpc) is 2.34. The molecule has 3 N–H and O–H groups in total. The predicted octanol–water partition coefficient (Wildman–Crippen LogP) is 2.45. The van der Waals surface area contributed by atoms with Crippen molar-refractivity contribution in [3.63, 3.8) is 0 Å². The fraction of sp³-hybridized carbons (Fsp3) is 0.417. The van der Waals surface area contributed by atoms with Crippen molar-refractivity contribution in [2.75, 3.05) is 7.11 Å². The standard InChI is InChI=1S/C12H15F3N2O2/c1-7(12(13,14)15)19-6-9-5-8(11(16)17)3-4-10(9)18-2/h3-5,7H,6H2,1-2H3,(H3,16,17). The first kappa shape index (κ1) is 15.3. The Labute approximate surface area is 108 Å². The molecule has 0 aliphatic heterocycles. The van der Waals surface area contributed by atoms with E-state index in [1.54, 1.807) is 6.07 Å². The van der Waals surface area contributed by atoms with Gasteiger partial charge in [0.15, 0.2) is 6.10 Å². The molecule has 0 bridgehead atoms. The summed E-state index contributed by atoms with van der Waals surface area (Å²) in [6.07, 6.45) is -6.29. The van der Waals surface area contributed by atoms with Crippen LogP contribution in [-0.2, 0) is 11.3 Å². The molecule has 0 aliphatic rings. The molecular weight excluding hydrogens is 261 g/mol. The summed E-state index contributed by atoms with van der Waals surface area (Å²) in [7, 11) is 1.40. The van der Waals surface area contributed by atoms with Crippen molar-refractivity contribution in [1.82, 2.24) is 0 Å². The van der Waals surface area contributed by atoms with Gasteiger partial charge < -0.3 is 15.2 Å². The smallest absolute Gasteiger partial charge is 0.414 e. The van der Waals surface area contributed by atoms with Gasteiger partial charge in [0.1, 0.15) is 11.6 Å². The van der Waals surface area contributed by atoms with Gasteiger partial charge in [0, 0.05) is 11.1 Å². The fourth-order valence-corrected chi connectivity index (χ4v) is 1.37. The maximum Gasteiger partial charge on any atom is 0.414 e. The molecule has 19 heavy (non-hydrogen) atoms. The van der Waals surface area contributed by atoms with Gasteiger partial charge >= 0.3 is 6.18 Å². The maximum absolute atomic E-state index is 12.3. The molecule has 1 aromatic carbocycles. The van der Waals surface area contributed by atoms with Crippen LogP contribution in [0.2, 0.25) is 0 Å². The number of nitrogens with two attached hydrogens (primary N) is 1. The number of alkyl halides is 3. The Kier molecular flexibility index (Phi) is 4.77. The van der Waals surface area contributed by atoms with E-state index in [4.69, 9.17) is 20.6 Å². The van der Waals surface area contributed by atoms with Crippen molar-refractivity contribution < 1.29 is 22.6 Å². The van der Waals surface area contributed by atoms with E-state index in [0.29, 0.717) is 16.9 Å². The van der Waals surface area contributed by atoms with Crippen molar-refractivity contribution in [2.24, 2.45) is 5.73 Å². The molecule has 0 aliphatic carbocycles. The summed E-state index contributed by atoms with van der Waals surface area (Å²) in [6, 6.07) is 4.57. The molecule has 0 spiro atoms. The third kappa shape index (κ3) is 4.13. The summed E-state index contributed by atoms with van der Waals surface area (Å²) < 4.78 is 46.8. The molecule has 106 valence electrons. The fourth-order valence-electron chi connectivity index (χ4n) is 1.37. The van der Waals surface area contributed by atoms with E-state index in [1.165, 1.54) is 19.2 Å². The van der Waals surface area contributed by atoms with Crippen molar-refractivity contribution in [2.45, 2.75) is 25.8 Å². The van der Waals surface area contributed by atoms with Crippen LogP contribution in [0.1, 0.15) is 18.1 Å². The quantitative estimate of drug-likeness (QED) is 0.641. The number of hydrogen-bond acceptors (Lipinski definition) is 3. The number of ether oxygens (including phenoxy) is 2. The van der Waals surface area contributed by atoms with E-state index in [1.807, 2.05) is 0 Å². The van der Waals surface area contributed by atoms with Crippen LogP contribution in [0.4, 0.5) is 13.2 Å². The Bertz CT molecular complexity index is 461. The highest BCUT2D eigenvalue weighted by atomic mass is 19.4. The third-order valence-electron chi connectivity index (χ3n) is 2.54. The number of benzene rings is 1. The van der Waals surface area contributed by atoms with Crippen LogP contribution in [0, 0.1) is 5.41 Å². The van der Waals surface area contributed by atoms with E-state index >= 15 is 0 Å². The second kappa shape index (κ2) is 5.92. The number of amidine groups is 1. The summed E-state index contributed by atoms with van der Waals surface area (Å²) in [5.74, 6) is 0.215. The number of nitrogen functional groups attached to an aromatic ring is 1. The third-order valence-corrected chi connectivity index (χ3v) is 2.54. The molecule has 0 saturated carbocycles. The Morgan fingerprint density at radius 3 is 2.53 bits per heavy atom. The van der Waals surface area contributed by atoms with Gasteiger partial charge in [0.2, 0.25) is 0 Å². The molecule has 0 radical (unpaired) electrons. The summed E-state index contributed by atoms with van der Waals surface area (Å²) in [4.78, 5) is 0. The van der Waals surface area contributed by atoms with Gasteiger partial charge in [-0.15, -0.1) is 0 Å². The molecule has 4 nitrogen and oxygen atoms in total. The highest BCUT2D eigenvalue weighted by Crippen LogP contribution is 2.26. The average molecular weight is 276 g/mol. The number of halogens is 3. The van der Waals surface area contributed by atoms with E-state index in [2.05, 4.69) is 0 Å². The van der Waals surface area contributed by atoms with Gasteiger partial charge in [0.05, 0.1) is 13.7 Å². The predicted molar refractivity (Wildman–Crippen MR) is 64.3 cm³/mol. The summed E-state index contributed by atoms with van der Waals surface area (Å²) in [6.45, 7) is 0.659. The van der Waals surface area contributed by atoms with E-state index < -0.39 is 12.3 Å². The first-order chi connectivity index (χ1) is 8.75. The van der Waals surface area contributed by atoms with E-state index in [-0.39, 0.29) is 12.4 Å². The number of nitrogens with one attached hydrogen (secondary N) is 1. The van der Waals surface area contributed by atoms with Gasteiger partial charge in [-0.2, -0.15) is 13.2 Å². The lowest BCUT2D eigenvalue weighted by Crippen LogP contribution is -2.28. The highest BCUT2D eigenvalue weighted by molar-refractivity contribution is 5.95. The molecule has 1 rings (SSSR count). The van der Waals surface area contributed by atoms with E-state index in [9.17, 15) is 13.2 Å². The van der Waals surface area contributed by atoms with Gasteiger partial charge in [-0.25, -0.2) is 0 Å². The topological polar surface area (TPSA) is 68.3 Å². The van der Waals surface area contributed by atoms with Gasteiger partial charge in [0.25, 0.3) is 0 Å². The van der Waals surface area contributed by atoms with Gasteiger partial charge in [-0.3, -0.25) is 5.41 Å². The minimum Gasteiger partial charge on any atom is -0.496 e. The van der Waals surface area contributed by atoms with Crippen molar-refractivity contribution in [1.29, 1.82) is 5.41 Å². The molecule has 1 aromatic rings. The molecule has 7 heteroatoms. The molecule has 0 amide bonds. The number of rotatable bonds is 5. The lowest BCUT2D eigenvalue weighted by atomic mass is 10.1.